The Morgan fingerprint density at radius 2 is 1.93 bits per heavy atom. The van der Waals surface area contributed by atoms with Crippen molar-refractivity contribution in [3.63, 3.8) is 0 Å². The van der Waals surface area contributed by atoms with Gasteiger partial charge in [-0.15, -0.1) is 0 Å². The Bertz CT molecular complexity index is 320. The number of benzene rings is 1. The van der Waals surface area contributed by atoms with Crippen molar-refractivity contribution in [1.82, 2.24) is 0 Å². The summed E-state index contributed by atoms with van der Waals surface area (Å²) in [6.45, 7) is 6.28. The maximum absolute atomic E-state index is 12.9. The van der Waals surface area contributed by atoms with E-state index in [4.69, 9.17) is 5.73 Å². The monoisotopic (exact) mass is 209 g/mol. The minimum absolute atomic E-state index is 0.0352. The first kappa shape index (κ1) is 12.2. The lowest BCUT2D eigenvalue weighted by atomic mass is 9.95. The summed E-state index contributed by atoms with van der Waals surface area (Å²) in [6.07, 6.45) is 2.07. The Morgan fingerprint density at radius 3 is 2.47 bits per heavy atom. The quantitative estimate of drug-likeness (QED) is 0.806. The van der Waals surface area contributed by atoms with Gasteiger partial charge in [0.05, 0.1) is 0 Å². The first-order chi connectivity index (χ1) is 7.00. The van der Waals surface area contributed by atoms with Crippen LogP contribution >= 0.6 is 0 Å². The summed E-state index contributed by atoms with van der Waals surface area (Å²) in [7, 11) is 0. The zero-order valence-electron chi connectivity index (χ0n) is 9.76. The molecule has 1 nitrogen and oxygen atoms in total. The molecule has 84 valence electrons. The fourth-order valence-corrected chi connectivity index (χ4v) is 1.72. The van der Waals surface area contributed by atoms with E-state index in [2.05, 4.69) is 13.8 Å². The molecule has 2 heteroatoms. The van der Waals surface area contributed by atoms with Crippen molar-refractivity contribution in [2.24, 2.45) is 11.7 Å². The molecule has 2 N–H and O–H groups in total. The highest BCUT2D eigenvalue weighted by molar-refractivity contribution is 5.29. The molecule has 1 atom stereocenters. The molecule has 0 aliphatic carbocycles. The van der Waals surface area contributed by atoms with Gasteiger partial charge in [-0.1, -0.05) is 19.9 Å². The minimum Gasteiger partial charge on any atom is -0.324 e. The predicted octanol–water partition coefficient (Wildman–Crippen LogP) is 3.57. The fraction of sp³-hybridized carbons (Fsp3) is 0.538. The van der Waals surface area contributed by atoms with Gasteiger partial charge in [-0.25, -0.2) is 4.39 Å². The van der Waals surface area contributed by atoms with Crippen molar-refractivity contribution in [2.75, 3.05) is 0 Å². The van der Waals surface area contributed by atoms with E-state index in [0.29, 0.717) is 5.92 Å². The van der Waals surface area contributed by atoms with Crippen LogP contribution < -0.4 is 5.73 Å². The molecule has 0 radical (unpaired) electrons. The fourth-order valence-electron chi connectivity index (χ4n) is 1.72. The Labute approximate surface area is 91.5 Å². The van der Waals surface area contributed by atoms with E-state index in [-0.39, 0.29) is 11.9 Å². The van der Waals surface area contributed by atoms with Crippen LogP contribution in [0, 0.1) is 18.7 Å². The maximum Gasteiger partial charge on any atom is 0.123 e. The second-order valence-corrected chi connectivity index (χ2v) is 4.58. The van der Waals surface area contributed by atoms with Crippen molar-refractivity contribution in [1.29, 1.82) is 0 Å². The van der Waals surface area contributed by atoms with Crippen LogP contribution in [0.15, 0.2) is 18.2 Å². The Kier molecular flexibility index (Phi) is 4.28. The smallest absolute Gasteiger partial charge is 0.123 e. The first-order valence-corrected chi connectivity index (χ1v) is 5.52. The van der Waals surface area contributed by atoms with Crippen molar-refractivity contribution in [2.45, 2.75) is 39.7 Å². The normalized spacial score (nSPS) is 13.2. The van der Waals surface area contributed by atoms with Crippen molar-refractivity contribution < 1.29 is 4.39 Å². The van der Waals surface area contributed by atoms with Gasteiger partial charge in [-0.3, -0.25) is 0 Å². The Morgan fingerprint density at radius 1 is 1.27 bits per heavy atom. The lowest BCUT2D eigenvalue weighted by Gasteiger charge is -2.15. The zero-order chi connectivity index (χ0) is 11.4. The third-order valence-electron chi connectivity index (χ3n) is 2.69. The molecule has 1 aromatic rings. The highest BCUT2D eigenvalue weighted by Crippen LogP contribution is 2.22. The van der Waals surface area contributed by atoms with E-state index in [0.717, 1.165) is 24.0 Å². The van der Waals surface area contributed by atoms with Gasteiger partial charge in [-0.2, -0.15) is 0 Å². The molecular weight excluding hydrogens is 189 g/mol. The lowest BCUT2D eigenvalue weighted by Crippen LogP contribution is -2.12. The number of hydrogen-bond acceptors (Lipinski definition) is 1. The molecular formula is C13H20FN. The molecule has 15 heavy (non-hydrogen) atoms. The van der Waals surface area contributed by atoms with Gasteiger partial charge in [0.2, 0.25) is 0 Å². The largest absolute Gasteiger partial charge is 0.324 e. The van der Waals surface area contributed by atoms with Crippen molar-refractivity contribution in [3.8, 4) is 0 Å². The number of aryl methyl sites for hydroxylation is 1. The second-order valence-electron chi connectivity index (χ2n) is 4.58. The standard InChI is InChI=1S/C13H20FN/c1-9(2)4-7-13(15)12-6-5-11(14)8-10(12)3/h5-6,8-9,13H,4,7,15H2,1-3H3. The zero-order valence-corrected chi connectivity index (χ0v) is 9.76. The molecule has 0 fully saturated rings. The summed E-state index contributed by atoms with van der Waals surface area (Å²) in [4.78, 5) is 0. The van der Waals surface area contributed by atoms with Crippen molar-refractivity contribution in [3.05, 3.63) is 35.1 Å². The molecule has 1 unspecified atom stereocenters. The van der Waals surface area contributed by atoms with Crippen LogP contribution in [0.25, 0.3) is 0 Å². The van der Waals surface area contributed by atoms with Crippen LogP contribution in [-0.4, -0.2) is 0 Å². The maximum atomic E-state index is 12.9. The second kappa shape index (κ2) is 5.26. The van der Waals surface area contributed by atoms with Gasteiger partial charge in [-0.05, 0) is 48.9 Å². The number of halogens is 1. The number of rotatable bonds is 4. The van der Waals surface area contributed by atoms with Gasteiger partial charge in [0.15, 0.2) is 0 Å². The van der Waals surface area contributed by atoms with Crippen molar-refractivity contribution >= 4 is 0 Å². The van der Waals surface area contributed by atoms with E-state index < -0.39 is 0 Å². The summed E-state index contributed by atoms with van der Waals surface area (Å²) < 4.78 is 12.9. The number of nitrogens with two attached hydrogens (primary N) is 1. The van der Waals surface area contributed by atoms with Gasteiger partial charge in [0.1, 0.15) is 5.82 Å². The summed E-state index contributed by atoms with van der Waals surface area (Å²) in [5, 5.41) is 0. The van der Waals surface area contributed by atoms with E-state index in [1.807, 2.05) is 6.92 Å². The summed E-state index contributed by atoms with van der Waals surface area (Å²) >= 11 is 0. The van der Waals surface area contributed by atoms with Crippen LogP contribution in [0.3, 0.4) is 0 Å². The molecule has 0 saturated carbocycles. The average Bonchev–Trinajstić information content (AvgIpc) is 2.14. The third kappa shape index (κ3) is 3.63. The SMILES string of the molecule is Cc1cc(F)ccc1C(N)CCC(C)C. The molecule has 0 spiro atoms. The molecule has 0 bridgehead atoms. The topological polar surface area (TPSA) is 26.0 Å². The highest BCUT2D eigenvalue weighted by atomic mass is 19.1. The summed E-state index contributed by atoms with van der Waals surface area (Å²) in [5.41, 5.74) is 8.09. The van der Waals surface area contributed by atoms with E-state index in [1.54, 1.807) is 12.1 Å². The first-order valence-electron chi connectivity index (χ1n) is 5.52. The molecule has 1 aromatic carbocycles. The van der Waals surface area contributed by atoms with Gasteiger partial charge < -0.3 is 5.73 Å². The van der Waals surface area contributed by atoms with Crippen LogP contribution in [0.1, 0.15) is 43.9 Å². The molecule has 1 rings (SSSR count). The highest BCUT2D eigenvalue weighted by Gasteiger charge is 2.10. The van der Waals surface area contributed by atoms with E-state index in [9.17, 15) is 4.39 Å². The summed E-state index contributed by atoms with van der Waals surface area (Å²) in [5.74, 6) is 0.476. The number of hydrogen-bond donors (Lipinski definition) is 1. The molecule has 0 amide bonds. The lowest BCUT2D eigenvalue weighted by molar-refractivity contribution is 0.505. The molecule has 0 aliphatic heterocycles. The molecule has 0 aromatic heterocycles. The predicted molar refractivity (Wildman–Crippen MR) is 62.1 cm³/mol. The average molecular weight is 209 g/mol. The van der Waals surface area contributed by atoms with Gasteiger partial charge in [0, 0.05) is 6.04 Å². The van der Waals surface area contributed by atoms with Crippen LogP contribution in [0.2, 0.25) is 0 Å². The Hall–Kier alpha value is -0.890. The third-order valence-corrected chi connectivity index (χ3v) is 2.69. The van der Waals surface area contributed by atoms with Crippen LogP contribution in [0.5, 0.6) is 0 Å². The van der Waals surface area contributed by atoms with Crippen LogP contribution in [0.4, 0.5) is 4.39 Å². The van der Waals surface area contributed by atoms with E-state index in [1.165, 1.54) is 6.07 Å². The minimum atomic E-state index is -0.188. The Balaban J connectivity index is 2.69. The molecule has 0 saturated heterocycles. The molecule has 0 heterocycles. The summed E-state index contributed by atoms with van der Waals surface area (Å²) in [6, 6.07) is 4.87. The van der Waals surface area contributed by atoms with E-state index >= 15 is 0 Å². The van der Waals surface area contributed by atoms with Gasteiger partial charge >= 0.3 is 0 Å². The van der Waals surface area contributed by atoms with Gasteiger partial charge in [0.25, 0.3) is 0 Å². The molecule has 0 aliphatic rings. The van der Waals surface area contributed by atoms with Crippen LogP contribution in [-0.2, 0) is 0 Å².